The van der Waals surface area contributed by atoms with E-state index in [1.165, 1.54) is 22.7 Å². The van der Waals surface area contributed by atoms with Gasteiger partial charge in [-0.1, -0.05) is 0 Å². The summed E-state index contributed by atoms with van der Waals surface area (Å²) in [6.07, 6.45) is 0. The first-order chi connectivity index (χ1) is 19.2. The molecule has 0 radical (unpaired) electrons. The Balaban J connectivity index is 1.97. The summed E-state index contributed by atoms with van der Waals surface area (Å²) in [6.45, 7) is 1.25. The van der Waals surface area contributed by atoms with Crippen LogP contribution in [0.4, 0.5) is 11.4 Å². The quantitative estimate of drug-likeness (QED) is 0.0384. The molecule has 218 valence electrons. The monoisotopic (exact) mass is 564 g/mol. The van der Waals surface area contributed by atoms with E-state index in [1.807, 2.05) is 0 Å². The van der Waals surface area contributed by atoms with Gasteiger partial charge < -0.3 is 53.1 Å². The van der Waals surface area contributed by atoms with E-state index < -0.39 is 28.3 Å². The van der Waals surface area contributed by atoms with E-state index in [2.05, 4.69) is 27.4 Å². The third-order valence-electron chi connectivity index (χ3n) is 6.19. The molecule has 0 amide bonds. The summed E-state index contributed by atoms with van der Waals surface area (Å²) in [6, 6.07) is 5.22. The number of anilines is 2. The highest BCUT2D eigenvalue weighted by molar-refractivity contribution is 6.33. The number of aromatic hydroxyl groups is 2. The maximum Gasteiger partial charge on any atom is 0.200 e. The highest BCUT2D eigenvalue weighted by atomic mass is 16.7. The van der Waals surface area contributed by atoms with Crippen LogP contribution in [0, 0.1) is 20.8 Å². The molecule has 1 unspecified atom stereocenters. The molecule has 0 fully saturated rings. The summed E-state index contributed by atoms with van der Waals surface area (Å²) in [4.78, 5) is 27.1. The van der Waals surface area contributed by atoms with E-state index in [1.54, 1.807) is 0 Å². The molecule has 0 aromatic heterocycles. The van der Waals surface area contributed by atoms with Crippen LogP contribution in [0.15, 0.2) is 29.5 Å². The van der Waals surface area contributed by atoms with Gasteiger partial charge in [0.05, 0.1) is 55.0 Å². The van der Waals surface area contributed by atoms with Crippen LogP contribution >= 0.6 is 0 Å². The SMILES string of the molecule is [NH3+]CCN(CCNc1ccc(NCCN(CC[NH3+])[NH+]([O-])N[O-])c2c1C(=O)c1c(O)ccc(O)c1C2=O)/[N+]([O-])=N/[O-]. The molecule has 3 rings (SSSR count). The third kappa shape index (κ3) is 6.29. The lowest BCUT2D eigenvalue weighted by Gasteiger charge is -2.34. The molecule has 18 heteroatoms. The number of benzene rings is 2. The van der Waals surface area contributed by atoms with Gasteiger partial charge in [0.15, 0.2) is 0 Å². The zero-order valence-corrected chi connectivity index (χ0v) is 21.5. The van der Waals surface area contributed by atoms with Gasteiger partial charge >= 0.3 is 0 Å². The first kappa shape index (κ1) is 30.2. The maximum absolute atomic E-state index is 13.6. The summed E-state index contributed by atoms with van der Waals surface area (Å²) in [5.74, 6) is -2.45. The average Bonchev–Trinajstić information content (AvgIpc) is 2.95. The van der Waals surface area contributed by atoms with Crippen LogP contribution in [0.2, 0.25) is 0 Å². The van der Waals surface area contributed by atoms with Gasteiger partial charge in [0, 0.05) is 29.4 Å². The van der Waals surface area contributed by atoms with E-state index in [4.69, 9.17) is 0 Å². The normalized spacial score (nSPS) is 13.7. The predicted octanol–water partition coefficient (Wildman–Crippen LogP) is -3.54. The molecule has 0 aliphatic heterocycles. The number of phenolic OH excluding ortho intramolecular Hbond substituents is 2. The van der Waals surface area contributed by atoms with Crippen molar-refractivity contribution in [2.45, 2.75) is 0 Å². The molecule has 0 heterocycles. The number of nitrogens with one attached hydrogen (secondary N) is 4. The average molecular weight is 565 g/mol. The number of hydrogen-bond donors (Lipinski definition) is 8. The molecule has 2 aromatic rings. The largest absolute Gasteiger partial charge is 0.740 e. The van der Waals surface area contributed by atoms with Gasteiger partial charge in [-0.05, 0) is 29.5 Å². The lowest BCUT2D eigenvalue weighted by molar-refractivity contribution is -1.01. The third-order valence-corrected chi connectivity index (χ3v) is 6.19. The van der Waals surface area contributed by atoms with Crippen LogP contribution in [0.3, 0.4) is 0 Å². The Labute approximate surface area is 227 Å². The minimum atomic E-state index is -0.845. The number of hydrazine groups is 1. The Morgan fingerprint density at radius 3 is 1.80 bits per heavy atom. The van der Waals surface area contributed by atoms with Crippen LogP contribution in [-0.4, -0.2) is 89.1 Å². The predicted molar refractivity (Wildman–Crippen MR) is 139 cm³/mol. The van der Waals surface area contributed by atoms with Crippen LogP contribution in [0.25, 0.3) is 0 Å². The number of hydrogen-bond acceptors (Lipinski definition) is 13. The molecule has 1 aliphatic rings. The lowest BCUT2D eigenvalue weighted by Crippen LogP contribution is -3.19. The van der Waals surface area contributed by atoms with E-state index in [0.717, 1.165) is 17.1 Å². The standard InChI is InChI=1S/C22H31N10O8/c23-5-9-29(31(39)27-37)11-7-25-13-1-2-14(26-8-12-30(10-6-24)32(40)28-38)18-17(13)21(35)19-15(33)3-4-16(34)20(19)22(18)36/h1-4,25-27,31,33-34,38H,5-12,23-24H2/q-1/p+1/b32-28-. The van der Waals surface area contributed by atoms with Crippen molar-refractivity contribution in [1.82, 2.24) is 15.6 Å². The van der Waals surface area contributed by atoms with Gasteiger partial charge in [-0.15, -0.1) is 10.0 Å². The van der Waals surface area contributed by atoms with Crippen molar-refractivity contribution >= 4 is 22.9 Å². The number of carbonyl (C=O) groups is 2. The summed E-state index contributed by atoms with van der Waals surface area (Å²) < 4.78 is 0. The zero-order chi connectivity index (χ0) is 29.4. The van der Waals surface area contributed by atoms with Crippen molar-refractivity contribution in [3.05, 3.63) is 67.3 Å². The molecular weight excluding hydrogens is 532 g/mol. The van der Waals surface area contributed by atoms with Crippen molar-refractivity contribution < 1.29 is 41.5 Å². The van der Waals surface area contributed by atoms with Crippen LogP contribution in [-0.2, 0) is 0 Å². The molecule has 0 spiro atoms. The lowest BCUT2D eigenvalue weighted by atomic mass is 9.81. The number of rotatable bonds is 15. The number of nitrogens with zero attached hydrogens (tertiary/aromatic N) is 4. The number of fused-ring (bicyclic) bond motifs is 2. The first-order valence-electron chi connectivity index (χ1n) is 12.3. The highest BCUT2D eigenvalue weighted by Gasteiger charge is 2.38. The molecule has 1 aliphatic carbocycles. The van der Waals surface area contributed by atoms with Crippen molar-refractivity contribution in [2.75, 3.05) is 63.0 Å². The summed E-state index contributed by atoms with van der Waals surface area (Å²) >= 11 is 0. The van der Waals surface area contributed by atoms with E-state index in [-0.39, 0.29) is 77.9 Å². The molecular formula is C22H32N10O8. The number of ketones is 2. The Hall–Kier alpha value is -4.30. The second kappa shape index (κ2) is 13.7. The van der Waals surface area contributed by atoms with Crippen molar-refractivity contribution in [2.24, 2.45) is 5.28 Å². The fourth-order valence-corrected chi connectivity index (χ4v) is 4.39. The fraction of sp³-hybridized carbons (Fsp3) is 0.364. The summed E-state index contributed by atoms with van der Waals surface area (Å²) in [5, 5.41) is 75.5. The molecule has 1 atom stereocenters. The molecule has 18 nitrogen and oxygen atoms in total. The van der Waals surface area contributed by atoms with Gasteiger partial charge in [0.25, 0.3) is 0 Å². The van der Waals surface area contributed by atoms with Crippen LogP contribution < -0.4 is 33.0 Å². The fourth-order valence-electron chi connectivity index (χ4n) is 4.39. The minimum absolute atomic E-state index is 0.00813. The maximum atomic E-state index is 13.6. The molecule has 40 heavy (non-hydrogen) atoms. The molecule has 12 N–H and O–H groups in total. The Bertz CT molecular complexity index is 1260. The molecule has 0 saturated heterocycles. The summed E-state index contributed by atoms with van der Waals surface area (Å²) in [7, 11) is 0. The minimum Gasteiger partial charge on any atom is -0.740 e. The number of phenols is 2. The molecule has 0 bridgehead atoms. The Kier molecular flexibility index (Phi) is 10.3. The van der Waals surface area contributed by atoms with Gasteiger partial charge in [0.2, 0.25) is 11.6 Å². The van der Waals surface area contributed by atoms with Crippen molar-refractivity contribution in [1.29, 1.82) is 0 Å². The van der Waals surface area contributed by atoms with Gasteiger partial charge in [0.1, 0.15) is 18.0 Å². The van der Waals surface area contributed by atoms with E-state index >= 15 is 0 Å². The highest BCUT2D eigenvalue weighted by Crippen LogP contribution is 2.42. The van der Waals surface area contributed by atoms with Crippen molar-refractivity contribution in [3.63, 3.8) is 0 Å². The summed E-state index contributed by atoms with van der Waals surface area (Å²) in [5.41, 5.74) is 8.12. The van der Waals surface area contributed by atoms with Crippen LogP contribution in [0.5, 0.6) is 11.5 Å². The van der Waals surface area contributed by atoms with E-state index in [9.17, 15) is 40.6 Å². The topological polar surface area (TPSA) is 284 Å². The zero-order valence-electron chi connectivity index (χ0n) is 21.5. The Morgan fingerprint density at radius 1 is 0.850 bits per heavy atom. The molecule has 0 saturated carbocycles. The number of quaternary nitrogens is 3. The van der Waals surface area contributed by atoms with E-state index in [0.29, 0.717) is 13.1 Å². The van der Waals surface area contributed by atoms with Gasteiger partial charge in [-0.3, -0.25) is 9.59 Å². The van der Waals surface area contributed by atoms with Crippen molar-refractivity contribution in [3.8, 4) is 11.5 Å². The second-order valence-corrected chi connectivity index (χ2v) is 8.67. The van der Waals surface area contributed by atoms with Gasteiger partial charge in [-0.25, -0.2) is 10.9 Å². The number of carbonyl (C=O) groups excluding carboxylic acids is 2. The molecule has 2 aromatic carbocycles. The first-order valence-corrected chi connectivity index (χ1v) is 12.3. The smallest absolute Gasteiger partial charge is 0.200 e. The van der Waals surface area contributed by atoms with Crippen LogP contribution in [0.1, 0.15) is 31.8 Å². The van der Waals surface area contributed by atoms with Gasteiger partial charge in [-0.2, -0.15) is 0 Å². The Morgan fingerprint density at radius 2 is 1.35 bits per heavy atom. The second-order valence-electron chi connectivity index (χ2n) is 8.67.